The van der Waals surface area contributed by atoms with Crippen LogP contribution in [0.3, 0.4) is 0 Å². The summed E-state index contributed by atoms with van der Waals surface area (Å²) in [5.41, 5.74) is 0.884. The summed E-state index contributed by atoms with van der Waals surface area (Å²) < 4.78 is 0. The van der Waals surface area contributed by atoms with Gasteiger partial charge in [-0.3, -0.25) is 0 Å². The van der Waals surface area contributed by atoms with E-state index in [2.05, 4.69) is 0 Å². The molecule has 2 nitrogen and oxygen atoms in total. The molecule has 2 heteroatoms. The Morgan fingerprint density at radius 3 is 2.55 bits per heavy atom. The Labute approximate surface area is 67.1 Å². The number of anilines is 1. The molecule has 0 heterocycles. The van der Waals surface area contributed by atoms with Crippen LogP contribution in [0.4, 0.5) is 5.69 Å². The van der Waals surface area contributed by atoms with E-state index in [1.54, 1.807) is 6.07 Å². The molecule has 0 fully saturated rings. The van der Waals surface area contributed by atoms with Crippen molar-refractivity contribution < 1.29 is 5.11 Å². The molecule has 1 N–H and O–H groups in total. The SMILES string of the molecule is CCN(C)c1ccccc1O. The standard InChI is InChI=1S/C9H13NO/c1-3-10(2)8-6-4-5-7-9(8)11/h4-7,11H,3H2,1-2H3. The zero-order valence-electron chi connectivity index (χ0n) is 6.91. The molecule has 0 atom stereocenters. The van der Waals surface area contributed by atoms with E-state index in [-0.39, 0.29) is 0 Å². The summed E-state index contributed by atoms with van der Waals surface area (Å²) in [6, 6.07) is 7.34. The predicted octanol–water partition coefficient (Wildman–Crippen LogP) is 1.85. The van der Waals surface area contributed by atoms with Crippen LogP contribution in [-0.4, -0.2) is 18.7 Å². The minimum absolute atomic E-state index is 0.344. The van der Waals surface area contributed by atoms with Crippen molar-refractivity contribution in [2.24, 2.45) is 0 Å². The van der Waals surface area contributed by atoms with Crippen molar-refractivity contribution in [3.63, 3.8) is 0 Å². The molecular formula is C9H13NO. The van der Waals surface area contributed by atoms with Crippen molar-refractivity contribution in [3.05, 3.63) is 24.3 Å². The van der Waals surface area contributed by atoms with Gasteiger partial charge in [-0.25, -0.2) is 0 Å². The summed E-state index contributed by atoms with van der Waals surface area (Å²) in [6.07, 6.45) is 0. The van der Waals surface area contributed by atoms with E-state index in [0.29, 0.717) is 5.75 Å². The normalized spacial score (nSPS) is 9.64. The van der Waals surface area contributed by atoms with Gasteiger partial charge in [0.2, 0.25) is 0 Å². The van der Waals surface area contributed by atoms with Crippen molar-refractivity contribution >= 4 is 5.69 Å². The highest BCUT2D eigenvalue weighted by molar-refractivity contribution is 5.56. The number of rotatable bonds is 2. The van der Waals surface area contributed by atoms with Gasteiger partial charge in [-0.05, 0) is 19.1 Å². The minimum atomic E-state index is 0.344. The molecule has 60 valence electrons. The lowest BCUT2D eigenvalue weighted by atomic mass is 10.3. The number of aromatic hydroxyl groups is 1. The van der Waals surface area contributed by atoms with Gasteiger partial charge in [0, 0.05) is 13.6 Å². The lowest BCUT2D eigenvalue weighted by molar-refractivity contribution is 0.475. The summed E-state index contributed by atoms with van der Waals surface area (Å²) >= 11 is 0. The lowest BCUT2D eigenvalue weighted by Gasteiger charge is -2.17. The van der Waals surface area contributed by atoms with Gasteiger partial charge in [-0.1, -0.05) is 12.1 Å². The third kappa shape index (κ3) is 1.64. The van der Waals surface area contributed by atoms with Crippen LogP contribution >= 0.6 is 0 Å². The second kappa shape index (κ2) is 3.28. The molecule has 0 unspecified atom stereocenters. The number of hydrogen-bond acceptors (Lipinski definition) is 2. The molecule has 0 aromatic heterocycles. The van der Waals surface area contributed by atoms with E-state index >= 15 is 0 Å². The van der Waals surface area contributed by atoms with Crippen LogP contribution in [-0.2, 0) is 0 Å². The van der Waals surface area contributed by atoms with Gasteiger partial charge in [-0.15, -0.1) is 0 Å². The van der Waals surface area contributed by atoms with E-state index in [9.17, 15) is 5.11 Å². The van der Waals surface area contributed by atoms with Gasteiger partial charge in [0.05, 0.1) is 5.69 Å². The molecule has 1 rings (SSSR count). The number of hydrogen-bond donors (Lipinski definition) is 1. The highest BCUT2D eigenvalue weighted by Gasteiger charge is 2.01. The Bertz CT molecular complexity index is 235. The van der Waals surface area contributed by atoms with Crippen LogP contribution in [0.15, 0.2) is 24.3 Å². The zero-order valence-corrected chi connectivity index (χ0v) is 6.91. The molecule has 0 aliphatic carbocycles. The Kier molecular flexibility index (Phi) is 2.36. The maximum atomic E-state index is 9.37. The van der Waals surface area contributed by atoms with Crippen LogP contribution < -0.4 is 4.90 Å². The molecule has 11 heavy (non-hydrogen) atoms. The molecule has 0 saturated heterocycles. The molecule has 0 bridgehead atoms. The molecule has 1 aromatic carbocycles. The molecular weight excluding hydrogens is 138 g/mol. The average molecular weight is 151 g/mol. The topological polar surface area (TPSA) is 23.5 Å². The second-order valence-corrected chi connectivity index (χ2v) is 2.50. The Morgan fingerprint density at radius 2 is 2.00 bits per heavy atom. The van der Waals surface area contributed by atoms with Crippen LogP contribution in [0.2, 0.25) is 0 Å². The molecule has 0 aliphatic rings. The smallest absolute Gasteiger partial charge is 0.138 e. The first-order valence-corrected chi connectivity index (χ1v) is 3.75. The zero-order chi connectivity index (χ0) is 8.27. The number of benzene rings is 1. The van der Waals surface area contributed by atoms with E-state index < -0.39 is 0 Å². The summed E-state index contributed by atoms with van der Waals surface area (Å²) in [5.74, 6) is 0.344. The monoisotopic (exact) mass is 151 g/mol. The van der Waals surface area contributed by atoms with Gasteiger partial charge >= 0.3 is 0 Å². The number of phenols is 1. The third-order valence-corrected chi connectivity index (χ3v) is 1.77. The quantitative estimate of drug-likeness (QED) is 0.697. The van der Waals surface area contributed by atoms with Crippen molar-refractivity contribution in [1.82, 2.24) is 0 Å². The third-order valence-electron chi connectivity index (χ3n) is 1.77. The summed E-state index contributed by atoms with van der Waals surface area (Å²) in [4.78, 5) is 2.00. The lowest BCUT2D eigenvalue weighted by Crippen LogP contribution is -2.15. The molecule has 0 saturated carbocycles. The van der Waals surface area contributed by atoms with Crippen molar-refractivity contribution in [2.45, 2.75) is 6.92 Å². The summed E-state index contributed by atoms with van der Waals surface area (Å²) in [6.45, 7) is 2.95. The molecule has 0 spiro atoms. The predicted molar refractivity (Wildman–Crippen MR) is 47.1 cm³/mol. The molecule has 0 aliphatic heterocycles. The summed E-state index contributed by atoms with van der Waals surface area (Å²) in [5, 5.41) is 9.37. The average Bonchev–Trinajstić information content (AvgIpc) is 2.04. The Balaban J connectivity index is 2.93. The van der Waals surface area contributed by atoms with Gasteiger partial charge < -0.3 is 10.0 Å². The number of nitrogens with zero attached hydrogens (tertiary/aromatic N) is 1. The fraction of sp³-hybridized carbons (Fsp3) is 0.333. The van der Waals surface area contributed by atoms with Crippen molar-refractivity contribution in [1.29, 1.82) is 0 Å². The Morgan fingerprint density at radius 1 is 1.36 bits per heavy atom. The summed E-state index contributed by atoms with van der Waals surface area (Å²) in [7, 11) is 1.95. The van der Waals surface area contributed by atoms with E-state index in [4.69, 9.17) is 0 Å². The maximum Gasteiger partial charge on any atom is 0.138 e. The fourth-order valence-corrected chi connectivity index (χ4v) is 0.957. The minimum Gasteiger partial charge on any atom is -0.506 e. The maximum absolute atomic E-state index is 9.37. The van der Waals surface area contributed by atoms with Gasteiger partial charge in [0.1, 0.15) is 5.75 Å². The molecule has 1 aromatic rings. The van der Waals surface area contributed by atoms with E-state index in [1.807, 2.05) is 37.1 Å². The highest BCUT2D eigenvalue weighted by Crippen LogP contribution is 2.24. The molecule has 0 amide bonds. The molecule has 0 radical (unpaired) electrons. The van der Waals surface area contributed by atoms with Gasteiger partial charge in [0.15, 0.2) is 0 Å². The van der Waals surface area contributed by atoms with Crippen LogP contribution in [0.1, 0.15) is 6.92 Å². The van der Waals surface area contributed by atoms with Crippen molar-refractivity contribution in [2.75, 3.05) is 18.5 Å². The Hall–Kier alpha value is -1.18. The first-order valence-electron chi connectivity index (χ1n) is 3.75. The number of para-hydroxylation sites is 2. The first kappa shape index (κ1) is 7.92. The van der Waals surface area contributed by atoms with Crippen molar-refractivity contribution in [3.8, 4) is 5.75 Å². The largest absolute Gasteiger partial charge is 0.506 e. The fourth-order valence-electron chi connectivity index (χ4n) is 0.957. The van der Waals surface area contributed by atoms with E-state index in [0.717, 1.165) is 12.2 Å². The number of phenolic OH excluding ortho intramolecular Hbond substituents is 1. The van der Waals surface area contributed by atoms with Crippen LogP contribution in [0.5, 0.6) is 5.75 Å². The van der Waals surface area contributed by atoms with Gasteiger partial charge in [0.25, 0.3) is 0 Å². The second-order valence-electron chi connectivity index (χ2n) is 2.50. The highest BCUT2D eigenvalue weighted by atomic mass is 16.3. The first-order chi connectivity index (χ1) is 5.25. The van der Waals surface area contributed by atoms with Crippen LogP contribution in [0, 0.1) is 0 Å². The van der Waals surface area contributed by atoms with E-state index in [1.165, 1.54) is 0 Å². The van der Waals surface area contributed by atoms with Gasteiger partial charge in [-0.2, -0.15) is 0 Å². The van der Waals surface area contributed by atoms with Crippen LogP contribution in [0.25, 0.3) is 0 Å².